The quantitative estimate of drug-likeness (QED) is 0.640. The molecule has 0 aromatic heterocycles. The largest absolute Gasteiger partial charge is 0.297 e. The van der Waals surface area contributed by atoms with Crippen LogP contribution in [-0.4, -0.2) is 11.6 Å². The fourth-order valence-electron chi connectivity index (χ4n) is 0.987. The molecule has 0 aromatic carbocycles. The SMILES string of the molecule is CCC(C)NC1(C#N)CC1. The molecule has 1 rings (SSSR count). The standard InChI is InChI=1S/C8H14N2/c1-3-7(2)10-8(6-9)4-5-8/h7,10H,3-5H2,1-2H3. The first-order chi connectivity index (χ1) is 4.72. The van der Waals surface area contributed by atoms with Gasteiger partial charge in [-0.1, -0.05) is 6.92 Å². The van der Waals surface area contributed by atoms with Gasteiger partial charge < -0.3 is 0 Å². The Morgan fingerprint density at radius 1 is 1.70 bits per heavy atom. The maximum atomic E-state index is 8.69. The van der Waals surface area contributed by atoms with Crippen LogP contribution in [0.15, 0.2) is 0 Å². The molecule has 1 saturated carbocycles. The van der Waals surface area contributed by atoms with E-state index in [1.807, 2.05) is 0 Å². The molecule has 0 heterocycles. The van der Waals surface area contributed by atoms with E-state index < -0.39 is 0 Å². The molecule has 1 atom stereocenters. The Morgan fingerprint density at radius 3 is 2.60 bits per heavy atom. The predicted molar refractivity (Wildman–Crippen MR) is 40.5 cm³/mol. The normalized spacial score (nSPS) is 23.3. The van der Waals surface area contributed by atoms with Gasteiger partial charge in [-0.25, -0.2) is 0 Å². The molecule has 1 fully saturated rings. The number of rotatable bonds is 3. The zero-order valence-electron chi connectivity index (χ0n) is 6.65. The van der Waals surface area contributed by atoms with Gasteiger partial charge in [0.2, 0.25) is 0 Å². The average molecular weight is 138 g/mol. The molecule has 1 N–H and O–H groups in total. The van der Waals surface area contributed by atoms with Crippen molar-refractivity contribution in [1.29, 1.82) is 5.26 Å². The predicted octanol–water partition coefficient (Wildman–Crippen LogP) is 1.43. The number of nitriles is 1. The second-order valence-corrected chi connectivity index (χ2v) is 3.15. The highest BCUT2D eigenvalue weighted by molar-refractivity contribution is 5.18. The number of hydrogen-bond donors (Lipinski definition) is 1. The van der Waals surface area contributed by atoms with Crippen LogP contribution in [-0.2, 0) is 0 Å². The van der Waals surface area contributed by atoms with Gasteiger partial charge in [0.15, 0.2) is 0 Å². The van der Waals surface area contributed by atoms with Crippen molar-refractivity contribution in [3.05, 3.63) is 0 Å². The van der Waals surface area contributed by atoms with Crippen LogP contribution in [0.1, 0.15) is 33.1 Å². The molecular weight excluding hydrogens is 124 g/mol. The average Bonchev–Trinajstić information content (AvgIpc) is 2.70. The Bertz CT molecular complexity index is 153. The molecule has 0 aromatic rings. The summed E-state index contributed by atoms with van der Waals surface area (Å²) in [7, 11) is 0. The molecule has 10 heavy (non-hydrogen) atoms. The first-order valence-corrected chi connectivity index (χ1v) is 3.91. The molecular formula is C8H14N2. The van der Waals surface area contributed by atoms with Crippen LogP contribution >= 0.6 is 0 Å². The monoisotopic (exact) mass is 138 g/mol. The Balaban J connectivity index is 2.32. The lowest BCUT2D eigenvalue weighted by Gasteiger charge is -2.14. The van der Waals surface area contributed by atoms with E-state index in [-0.39, 0.29) is 5.54 Å². The smallest absolute Gasteiger partial charge is 0.107 e. The highest BCUT2D eigenvalue weighted by Gasteiger charge is 2.43. The van der Waals surface area contributed by atoms with Gasteiger partial charge in [0.1, 0.15) is 5.54 Å². The van der Waals surface area contributed by atoms with Gasteiger partial charge in [-0.2, -0.15) is 5.26 Å². The van der Waals surface area contributed by atoms with E-state index in [0.29, 0.717) is 6.04 Å². The fraction of sp³-hybridized carbons (Fsp3) is 0.875. The van der Waals surface area contributed by atoms with Crippen LogP contribution in [0.5, 0.6) is 0 Å². The van der Waals surface area contributed by atoms with Gasteiger partial charge >= 0.3 is 0 Å². The van der Waals surface area contributed by atoms with Crippen LogP contribution < -0.4 is 5.32 Å². The van der Waals surface area contributed by atoms with Crippen LogP contribution in [0.3, 0.4) is 0 Å². The summed E-state index contributed by atoms with van der Waals surface area (Å²) in [4.78, 5) is 0. The molecule has 1 aliphatic carbocycles. The summed E-state index contributed by atoms with van der Waals surface area (Å²) in [5.74, 6) is 0. The molecule has 0 amide bonds. The third-order valence-corrected chi connectivity index (χ3v) is 2.10. The molecule has 1 unspecified atom stereocenters. The molecule has 0 saturated heterocycles. The maximum absolute atomic E-state index is 8.69. The summed E-state index contributed by atoms with van der Waals surface area (Å²) in [6, 6.07) is 2.79. The minimum absolute atomic E-state index is 0.130. The third kappa shape index (κ3) is 1.48. The molecule has 2 nitrogen and oxygen atoms in total. The van der Waals surface area contributed by atoms with Crippen molar-refractivity contribution >= 4 is 0 Å². The van der Waals surface area contributed by atoms with Crippen molar-refractivity contribution in [2.24, 2.45) is 0 Å². The van der Waals surface area contributed by atoms with Crippen molar-refractivity contribution in [3.63, 3.8) is 0 Å². The lowest BCUT2D eigenvalue weighted by atomic mass is 10.2. The first kappa shape index (κ1) is 7.56. The van der Waals surface area contributed by atoms with Crippen molar-refractivity contribution in [3.8, 4) is 6.07 Å². The van der Waals surface area contributed by atoms with Gasteiger partial charge in [-0.15, -0.1) is 0 Å². The molecule has 56 valence electrons. The van der Waals surface area contributed by atoms with Crippen LogP contribution in [0.25, 0.3) is 0 Å². The van der Waals surface area contributed by atoms with E-state index in [4.69, 9.17) is 5.26 Å². The summed E-state index contributed by atoms with van der Waals surface area (Å²) >= 11 is 0. The van der Waals surface area contributed by atoms with Gasteiger partial charge in [0, 0.05) is 6.04 Å². The molecule has 0 bridgehead atoms. The van der Waals surface area contributed by atoms with Gasteiger partial charge in [-0.3, -0.25) is 5.32 Å². The molecule has 1 aliphatic rings. The van der Waals surface area contributed by atoms with E-state index in [1.165, 1.54) is 0 Å². The van der Waals surface area contributed by atoms with Crippen molar-refractivity contribution in [2.45, 2.75) is 44.7 Å². The Morgan fingerprint density at radius 2 is 2.30 bits per heavy atom. The summed E-state index contributed by atoms with van der Waals surface area (Å²) in [6.45, 7) is 4.25. The molecule has 2 heteroatoms. The number of nitrogens with zero attached hydrogens (tertiary/aromatic N) is 1. The number of hydrogen-bond acceptors (Lipinski definition) is 2. The van der Waals surface area contributed by atoms with Gasteiger partial charge in [0.05, 0.1) is 6.07 Å². The van der Waals surface area contributed by atoms with Gasteiger partial charge in [0.25, 0.3) is 0 Å². The van der Waals surface area contributed by atoms with Crippen molar-refractivity contribution in [1.82, 2.24) is 5.32 Å². The van der Waals surface area contributed by atoms with Gasteiger partial charge in [-0.05, 0) is 26.2 Å². The van der Waals surface area contributed by atoms with E-state index in [1.54, 1.807) is 0 Å². The number of nitrogens with one attached hydrogen (secondary N) is 1. The summed E-state index contributed by atoms with van der Waals surface area (Å²) in [5, 5.41) is 12.0. The highest BCUT2D eigenvalue weighted by atomic mass is 15.0. The fourth-order valence-corrected chi connectivity index (χ4v) is 0.987. The second-order valence-electron chi connectivity index (χ2n) is 3.15. The van der Waals surface area contributed by atoms with E-state index >= 15 is 0 Å². The van der Waals surface area contributed by atoms with E-state index in [2.05, 4.69) is 25.2 Å². The minimum Gasteiger partial charge on any atom is -0.297 e. The zero-order chi connectivity index (χ0) is 7.61. The second kappa shape index (κ2) is 2.59. The zero-order valence-corrected chi connectivity index (χ0v) is 6.65. The maximum Gasteiger partial charge on any atom is 0.107 e. The summed E-state index contributed by atoms with van der Waals surface area (Å²) in [6.07, 6.45) is 3.17. The molecule has 0 aliphatic heterocycles. The summed E-state index contributed by atoms with van der Waals surface area (Å²) < 4.78 is 0. The third-order valence-electron chi connectivity index (χ3n) is 2.10. The van der Waals surface area contributed by atoms with Crippen molar-refractivity contribution in [2.75, 3.05) is 0 Å². The lowest BCUT2D eigenvalue weighted by Crippen LogP contribution is -2.36. The first-order valence-electron chi connectivity index (χ1n) is 3.91. The Hall–Kier alpha value is -0.550. The topological polar surface area (TPSA) is 35.8 Å². The molecule has 0 spiro atoms. The Labute approximate surface area is 62.2 Å². The van der Waals surface area contributed by atoms with E-state index in [0.717, 1.165) is 19.3 Å². The van der Waals surface area contributed by atoms with Crippen LogP contribution in [0.2, 0.25) is 0 Å². The highest BCUT2D eigenvalue weighted by Crippen LogP contribution is 2.34. The minimum atomic E-state index is -0.130. The van der Waals surface area contributed by atoms with Crippen LogP contribution in [0, 0.1) is 11.3 Å². The van der Waals surface area contributed by atoms with Crippen molar-refractivity contribution < 1.29 is 0 Å². The van der Waals surface area contributed by atoms with E-state index in [9.17, 15) is 0 Å². The molecule has 0 radical (unpaired) electrons. The lowest BCUT2D eigenvalue weighted by molar-refractivity contribution is 0.481. The van der Waals surface area contributed by atoms with Crippen LogP contribution in [0.4, 0.5) is 0 Å². The summed E-state index contributed by atoms with van der Waals surface area (Å²) in [5.41, 5.74) is -0.130. The Kier molecular flexibility index (Phi) is 1.96.